The van der Waals surface area contributed by atoms with Gasteiger partial charge in [-0.05, 0) is 49.6 Å². The van der Waals surface area contributed by atoms with Crippen LogP contribution >= 0.6 is 13.5 Å². The van der Waals surface area contributed by atoms with Crippen LogP contribution in [-0.4, -0.2) is 33.3 Å². The zero-order valence-electron chi connectivity index (χ0n) is 15.2. The van der Waals surface area contributed by atoms with Crippen molar-refractivity contribution >= 4 is 34.9 Å². The minimum absolute atomic E-state index is 0. The number of nitrogens with one attached hydrogen (secondary N) is 1. The van der Waals surface area contributed by atoms with Gasteiger partial charge in [0.15, 0.2) is 21.5 Å². The minimum Gasteiger partial charge on any atom is -0.381 e. The highest BCUT2D eigenvalue weighted by molar-refractivity contribution is 7.91. The van der Waals surface area contributed by atoms with Crippen molar-refractivity contribution in [2.75, 3.05) is 24.3 Å². The second-order valence-electron chi connectivity index (χ2n) is 6.53. The zero-order valence-corrected chi connectivity index (χ0v) is 17.0. The number of carbonyl (C=O) groups is 1. The van der Waals surface area contributed by atoms with Crippen LogP contribution in [0, 0.1) is 24.5 Å². The van der Waals surface area contributed by atoms with Gasteiger partial charge in [0.05, 0.1) is 17.3 Å². The molecule has 0 spiro atoms. The summed E-state index contributed by atoms with van der Waals surface area (Å²) < 4.78 is 57.2. The molecule has 0 aromatic heterocycles. The topological polar surface area (TPSA) is 72.5 Å². The number of halogens is 2. The first kappa shape index (κ1) is 22.3. The lowest BCUT2D eigenvalue weighted by Crippen LogP contribution is -2.18. The van der Waals surface area contributed by atoms with Gasteiger partial charge >= 0.3 is 0 Å². The lowest BCUT2D eigenvalue weighted by molar-refractivity contribution is 0.102. The fraction of sp³-hybridized carbons (Fsp3) is 0.316. The molecule has 28 heavy (non-hydrogen) atoms. The monoisotopic (exact) mass is 429 g/mol. The van der Waals surface area contributed by atoms with Crippen LogP contribution in [0.5, 0.6) is 0 Å². The van der Waals surface area contributed by atoms with Crippen molar-refractivity contribution < 1.29 is 26.7 Å². The maximum Gasteiger partial charge on any atom is 0.255 e. The van der Waals surface area contributed by atoms with Crippen molar-refractivity contribution in [3.8, 4) is 0 Å². The molecule has 0 aliphatic carbocycles. The first-order valence-electron chi connectivity index (χ1n) is 8.44. The minimum atomic E-state index is -3.56. The normalized spacial score (nSPS) is 16.5. The maximum absolute atomic E-state index is 13.6. The van der Waals surface area contributed by atoms with Crippen LogP contribution in [-0.2, 0) is 14.6 Å². The number of hydrogen-bond acceptors (Lipinski definition) is 4. The highest BCUT2D eigenvalue weighted by Crippen LogP contribution is 2.23. The van der Waals surface area contributed by atoms with Gasteiger partial charge in [0.2, 0.25) is 0 Å². The van der Waals surface area contributed by atoms with Crippen LogP contribution in [0.1, 0.15) is 22.3 Å². The van der Waals surface area contributed by atoms with E-state index in [-0.39, 0.29) is 46.9 Å². The lowest BCUT2D eigenvalue weighted by atomic mass is 10.1. The number of anilines is 1. The molecule has 3 rings (SSSR count). The van der Waals surface area contributed by atoms with E-state index in [0.29, 0.717) is 19.6 Å². The summed E-state index contributed by atoms with van der Waals surface area (Å²) >= 11 is 0. The molecule has 0 bridgehead atoms. The van der Waals surface area contributed by atoms with Crippen molar-refractivity contribution in [2.24, 2.45) is 5.92 Å². The highest BCUT2D eigenvalue weighted by Gasteiger charge is 2.25. The Morgan fingerprint density at radius 3 is 2.68 bits per heavy atom. The summed E-state index contributed by atoms with van der Waals surface area (Å²) in [5.41, 5.74) is 0.200. The molecule has 1 fully saturated rings. The molecule has 0 saturated carbocycles. The van der Waals surface area contributed by atoms with E-state index in [0.717, 1.165) is 6.07 Å². The van der Waals surface area contributed by atoms with E-state index in [1.807, 2.05) is 0 Å². The fourth-order valence-corrected chi connectivity index (χ4v) is 4.60. The maximum atomic E-state index is 13.6. The van der Waals surface area contributed by atoms with Crippen molar-refractivity contribution in [1.29, 1.82) is 0 Å². The highest BCUT2D eigenvalue weighted by atomic mass is 32.2. The Morgan fingerprint density at radius 1 is 1.25 bits per heavy atom. The van der Waals surface area contributed by atoms with Gasteiger partial charge in [0, 0.05) is 23.4 Å². The van der Waals surface area contributed by atoms with E-state index in [1.165, 1.54) is 37.3 Å². The number of sulfone groups is 1. The van der Waals surface area contributed by atoms with Gasteiger partial charge in [0.1, 0.15) is 0 Å². The summed E-state index contributed by atoms with van der Waals surface area (Å²) in [7, 11) is -3.56. The van der Waals surface area contributed by atoms with Gasteiger partial charge in [-0.15, -0.1) is 0 Å². The van der Waals surface area contributed by atoms with E-state index < -0.39 is 27.4 Å². The van der Waals surface area contributed by atoms with Crippen molar-refractivity contribution in [1.82, 2.24) is 0 Å². The molecule has 1 N–H and O–H groups in total. The number of benzene rings is 2. The van der Waals surface area contributed by atoms with Crippen LogP contribution in [0.3, 0.4) is 0 Å². The Kier molecular flexibility index (Phi) is 7.19. The summed E-state index contributed by atoms with van der Waals surface area (Å²) in [6.07, 6.45) is 0.689. The zero-order chi connectivity index (χ0) is 19.6. The Hall–Kier alpha value is -1.97. The summed E-state index contributed by atoms with van der Waals surface area (Å²) in [4.78, 5) is 12.5. The number of rotatable bonds is 5. The fourth-order valence-electron chi connectivity index (χ4n) is 2.93. The van der Waals surface area contributed by atoms with Crippen LogP contribution < -0.4 is 5.32 Å². The number of ether oxygens (including phenoxy) is 1. The average Bonchev–Trinajstić information content (AvgIpc) is 3.14. The lowest BCUT2D eigenvalue weighted by Gasteiger charge is -2.12. The second-order valence-corrected chi connectivity index (χ2v) is 8.56. The van der Waals surface area contributed by atoms with Gasteiger partial charge in [-0.2, -0.15) is 13.5 Å². The van der Waals surface area contributed by atoms with Gasteiger partial charge in [0.25, 0.3) is 5.91 Å². The molecular weight excluding hydrogens is 408 g/mol. The summed E-state index contributed by atoms with van der Waals surface area (Å²) in [6, 6.07) is 7.84. The molecule has 1 amide bonds. The number of hydrogen-bond donors (Lipinski definition) is 1. The molecule has 0 radical (unpaired) electrons. The molecule has 1 aliphatic rings. The third kappa shape index (κ3) is 4.89. The van der Waals surface area contributed by atoms with Crippen LogP contribution in [0.25, 0.3) is 0 Å². The van der Waals surface area contributed by atoms with E-state index in [1.54, 1.807) is 0 Å². The van der Waals surface area contributed by atoms with Gasteiger partial charge < -0.3 is 10.1 Å². The van der Waals surface area contributed by atoms with E-state index in [4.69, 9.17) is 4.74 Å². The van der Waals surface area contributed by atoms with Crippen LogP contribution in [0.15, 0.2) is 41.3 Å². The second kappa shape index (κ2) is 9.02. The number of amides is 1. The van der Waals surface area contributed by atoms with E-state index >= 15 is 0 Å². The van der Waals surface area contributed by atoms with Crippen LogP contribution in [0.2, 0.25) is 0 Å². The van der Waals surface area contributed by atoms with Crippen molar-refractivity contribution in [3.05, 3.63) is 59.2 Å². The molecule has 1 saturated heterocycles. The molecule has 1 atom stereocenters. The molecule has 9 heteroatoms. The third-order valence-corrected chi connectivity index (χ3v) is 6.40. The predicted molar refractivity (Wildman–Crippen MR) is 107 cm³/mol. The summed E-state index contributed by atoms with van der Waals surface area (Å²) in [5, 5.41) is 2.49. The van der Waals surface area contributed by atoms with Gasteiger partial charge in [-0.1, -0.05) is 6.07 Å². The molecule has 152 valence electrons. The molecule has 5 nitrogen and oxygen atoms in total. The first-order chi connectivity index (χ1) is 12.8. The van der Waals surface area contributed by atoms with Crippen molar-refractivity contribution in [3.63, 3.8) is 0 Å². The van der Waals surface area contributed by atoms with E-state index in [9.17, 15) is 22.0 Å². The Bertz CT molecular complexity index is 974. The third-order valence-electron chi connectivity index (χ3n) is 4.52. The summed E-state index contributed by atoms with van der Waals surface area (Å²) in [5.74, 6) is -2.75. The summed E-state index contributed by atoms with van der Waals surface area (Å²) in [6.45, 7) is 2.31. The van der Waals surface area contributed by atoms with E-state index in [2.05, 4.69) is 5.32 Å². The largest absolute Gasteiger partial charge is 0.381 e. The van der Waals surface area contributed by atoms with Gasteiger partial charge in [-0.25, -0.2) is 17.2 Å². The first-order valence-corrected chi connectivity index (χ1v) is 10.1. The Balaban J connectivity index is 0.00000280. The SMILES string of the molecule is Cc1c(NC(=O)c2cccc(S(=O)(=O)C[C@@H]3CCOC3)c2)ccc(F)c1F.S. The molecule has 2 aromatic rings. The molecular formula is C19H21F2NO4S2. The standard InChI is InChI=1S/C19H19F2NO4S.H2S/c1-12-17(6-5-16(20)18(12)21)22-19(23)14-3-2-4-15(9-14)27(24,25)11-13-7-8-26-10-13;/h2-6,9,13H,7-8,10-11H2,1H3,(H,22,23);1H2/t13-;/m1./s1. The predicted octanol–water partition coefficient (Wildman–Crippen LogP) is 3.45. The quantitative estimate of drug-likeness (QED) is 0.790. The Labute approximate surface area is 169 Å². The van der Waals surface area contributed by atoms with Crippen molar-refractivity contribution in [2.45, 2.75) is 18.2 Å². The van der Waals surface area contributed by atoms with Crippen LogP contribution in [0.4, 0.5) is 14.5 Å². The number of carbonyl (C=O) groups excluding carboxylic acids is 1. The molecule has 1 heterocycles. The smallest absolute Gasteiger partial charge is 0.255 e. The van der Waals surface area contributed by atoms with Gasteiger partial charge in [-0.3, -0.25) is 4.79 Å². The Morgan fingerprint density at radius 2 is 2.00 bits per heavy atom. The molecule has 1 aliphatic heterocycles. The molecule has 2 aromatic carbocycles. The average molecular weight is 430 g/mol. The molecule has 0 unspecified atom stereocenters.